The van der Waals surface area contributed by atoms with Gasteiger partial charge in [-0.1, -0.05) is 35.3 Å². The maximum Gasteiger partial charge on any atom is 0.488 e. The first-order valence-corrected chi connectivity index (χ1v) is 6.98. The van der Waals surface area contributed by atoms with E-state index in [1.165, 1.54) is 0 Å². The molecule has 4 nitrogen and oxygen atoms in total. The molecule has 21 heavy (non-hydrogen) atoms. The molecule has 0 unspecified atom stereocenters. The lowest BCUT2D eigenvalue weighted by atomic mass is 9.80. The maximum atomic E-state index is 8.97. The van der Waals surface area contributed by atoms with Gasteiger partial charge in [0.25, 0.3) is 0 Å². The number of hydrogen-bond donors (Lipinski definition) is 2. The molecule has 0 fully saturated rings. The van der Waals surface area contributed by atoms with Crippen molar-refractivity contribution in [3.63, 3.8) is 0 Å². The molecule has 2 rings (SSSR count). The Hall–Kier alpha value is -1.40. The minimum absolute atomic E-state index is 0.310. The van der Waals surface area contributed by atoms with E-state index < -0.39 is 7.12 Å². The van der Waals surface area contributed by atoms with Gasteiger partial charge in [0.1, 0.15) is 24.7 Å². The molecule has 0 bridgehead atoms. The Morgan fingerprint density at radius 2 is 1.57 bits per heavy atom. The maximum absolute atomic E-state index is 8.97. The summed E-state index contributed by atoms with van der Waals surface area (Å²) in [6.07, 6.45) is 0. The van der Waals surface area contributed by atoms with E-state index in [1.54, 1.807) is 42.5 Å². The van der Waals surface area contributed by atoms with E-state index in [4.69, 9.17) is 42.7 Å². The molecule has 0 heterocycles. The molecule has 2 aromatic rings. The molecule has 7 heteroatoms. The fourth-order valence-corrected chi connectivity index (χ4v) is 1.97. The summed E-state index contributed by atoms with van der Waals surface area (Å²) in [6.45, 7) is 0.633. The van der Waals surface area contributed by atoms with Gasteiger partial charge in [0, 0.05) is 11.1 Å². The van der Waals surface area contributed by atoms with Crippen LogP contribution < -0.4 is 14.9 Å². The summed E-state index contributed by atoms with van der Waals surface area (Å²) < 4.78 is 10.9. The van der Waals surface area contributed by atoms with Crippen molar-refractivity contribution >= 4 is 35.8 Å². The average Bonchev–Trinajstić information content (AvgIpc) is 2.47. The van der Waals surface area contributed by atoms with E-state index in [0.29, 0.717) is 40.2 Å². The third-order valence-corrected chi connectivity index (χ3v) is 3.23. The summed E-state index contributed by atoms with van der Waals surface area (Å²) in [4.78, 5) is 0. The van der Waals surface area contributed by atoms with Gasteiger partial charge in [0.15, 0.2) is 0 Å². The highest BCUT2D eigenvalue weighted by Crippen LogP contribution is 2.27. The second kappa shape index (κ2) is 7.57. The molecule has 0 aliphatic rings. The summed E-state index contributed by atoms with van der Waals surface area (Å²) >= 11 is 11.8. The molecule has 0 aromatic heterocycles. The molecule has 0 aliphatic heterocycles. The zero-order valence-corrected chi connectivity index (χ0v) is 12.5. The van der Waals surface area contributed by atoms with Crippen LogP contribution in [0.1, 0.15) is 0 Å². The molecular weight excluding hydrogens is 314 g/mol. The highest BCUT2D eigenvalue weighted by molar-refractivity contribution is 6.58. The number of ether oxygens (including phenoxy) is 2. The molecule has 0 radical (unpaired) electrons. The molecule has 2 aromatic carbocycles. The van der Waals surface area contributed by atoms with Gasteiger partial charge in [0.2, 0.25) is 0 Å². The monoisotopic (exact) mass is 326 g/mol. The highest BCUT2D eigenvalue weighted by atomic mass is 35.5. The lowest BCUT2D eigenvalue weighted by molar-refractivity contribution is 0.217. The van der Waals surface area contributed by atoms with E-state index in [0.717, 1.165) is 0 Å². The molecule has 0 amide bonds. The summed E-state index contributed by atoms with van der Waals surface area (Å²) in [5.41, 5.74) is 0.407. The fourth-order valence-electron chi connectivity index (χ4n) is 1.64. The summed E-state index contributed by atoms with van der Waals surface area (Å²) in [5, 5.41) is 19.0. The van der Waals surface area contributed by atoms with Crippen LogP contribution in [0.3, 0.4) is 0 Å². The molecule has 0 aliphatic carbocycles. The Labute approximate surface area is 133 Å². The predicted molar refractivity (Wildman–Crippen MR) is 83.7 cm³/mol. The van der Waals surface area contributed by atoms with E-state index in [9.17, 15) is 0 Å². The highest BCUT2D eigenvalue weighted by Gasteiger charge is 2.09. The Balaban J connectivity index is 1.80. The van der Waals surface area contributed by atoms with Crippen LogP contribution in [0.15, 0.2) is 42.5 Å². The SMILES string of the molecule is OB(O)c1ccc(OCCOc2cc(Cl)ccc2Cl)cc1. The number of halogens is 2. The van der Waals surface area contributed by atoms with Gasteiger partial charge in [-0.2, -0.15) is 0 Å². The molecular formula is C14H13BCl2O4. The Bertz CT molecular complexity index is 590. The van der Waals surface area contributed by atoms with E-state index in [2.05, 4.69) is 0 Å². The molecule has 0 atom stereocenters. The van der Waals surface area contributed by atoms with Gasteiger partial charge >= 0.3 is 7.12 Å². The normalized spacial score (nSPS) is 10.3. The Morgan fingerprint density at radius 3 is 2.24 bits per heavy atom. The average molecular weight is 327 g/mol. The second-order valence-electron chi connectivity index (χ2n) is 4.21. The third-order valence-electron chi connectivity index (χ3n) is 2.68. The van der Waals surface area contributed by atoms with Crippen molar-refractivity contribution in [2.45, 2.75) is 0 Å². The first-order chi connectivity index (χ1) is 10.1. The molecule has 0 saturated carbocycles. The van der Waals surface area contributed by atoms with Gasteiger partial charge in [-0.25, -0.2) is 0 Å². The van der Waals surface area contributed by atoms with Crippen molar-refractivity contribution in [1.82, 2.24) is 0 Å². The number of rotatable bonds is 6. The van der Waals surface area contributed by atoms with E-state index in [1.807, 2.05) is 0 Å². The molecule has 110 valence electrons. The lowest BCUT2D eigenvalue weighted by Crippen LogP contribution is -2.29. The summed E-state index contributed by atoms with van der Waals surface area (Å²) in [7, 11) is -1.48. The Morgan fingerprint density at radius 1 is 0.905 bits per heavy atom. The Kier molecular flexibility index (Phi) is 5.76. The van der Waals surface area contributed by atoms with Gasteiger partial charge in [-0.05, 0) is 29.7 Å². The minimum atomic E-state index is -1.48. The van der Waals surface area contributed by atoms with Crippen molar-refractivity contribution in [2.24, 2.45) is 0 Å². The van der Waals surface area contributed by atoms with Crippen LogP contribution in [0.2, 0.25) is 10.0 Å². The topological polar surface area (TPSA) is 58.9 Å². The minimum Gasteiger partial charge on any atom is -0.490 e. The number of benzene rings is 2. The molecule has 0 spiro atoms. The standard InChI is InChI=1S/C14H13BCl2O4/c16-11-3-6-13(17)14(9-11)21-8-7-20-12-4-1-10(2-5-12)15(18)19/h1-6,9,18-19H,7-8H2. The summed E-state index contributed by atoms with van der Waals surface area (Å²) in [5.74, 6) is 1.12. The largest absolute Gasteiger partial charge is 0.490 e. The van der Waals surface area contributed by atoms with Crippen LogP contribution in [0.5, 0.6) is 11.5 Å². The molecule has 2 N–H and O–H groups in total. The first kappa shape index (κ1) is 16.0. The van der Waals surface area contributed by atoms with Crippen molar-refractivity contribution in [3.05, 3.63) is 52.5 Å². The fraction of sp³-hybridized carbons (Fsp3) is 0.143. The zero-order chi connectivity index (χ0) is 15.2. The van der Waals surface area contributed by atoms with Gasteiger partial charge in [-0.15, -0.1) is 0 Å². The van der Waals surface area contributed by atoms with Crippen molar-refractivity contribution in [3.8, 4) is 11.5 Å². The quantitative estimate of drug-likeness (QED) is 0.630. The van der Waals surface area contributed by atoms with Gasteiger partial charge in [-0.3, -0.25) is 0 Å². The lowest BCUT2D eigenvalue weighted by Gasteiger charge is -2.10. The van der Waals surface area contributed by atoms with Crippen LogP contribution in [-0.2, 0) is 0 Å². The first-order valence-electron chi connectivity index (χ1n) is 6.23. The second-order valence-corrected chi connectivity index (χ2v) is 5.06. The van der Waals surface area contributed by atoms with Crippen LogP contribution >= 0.6 is 23.2 Å². The van der Waals surface area contributed by atoms with E-state index >= 15 is 0 Å². The summed E-state index contributed by atoms with van der Waals surface area (Å²) in [6, 6.07) is 11.5. The van der Waals surface area contributed by atoms with Crippen molar-refractivity contribution in [1.29, 1.82) is 0 Å². The van der Waals surface area contributed by atoms with Gasteiger partial charge in [0.05, 0.1) is 5.02 Å². The van der Waals surface area contributed by atoms with Crippen LogP contribution in [0.25, 0.3) is 0 Å². The number of hydrogen-bond acceptors (Lipinski definition) is 4. The van der Waals surface area contributed by atoms with Gasteiger partial charge < -0.3 is 19.5 Å². The van der Waals surface area contributed by atoms with E-state index in [-0.39, 0.29) is 0 Å². The van der Waals surface area contributed by atoms with Crippen molar-refractivity contribution in [2.75, 3.05) is 13.2 Å². The zero-order valence-electron chi connectivity index (χ0n) is 11.0. The van der Waals surface area contributed by atoms with Crippen LogP contribution in [0.4, 0.5) is 0 Å². The van der Waals surface area contributed by atoms with Crippen molar-refractivity contribution < 1.29 is 19.5 Å². The third kappa shape index (κ3) is 4.83. The predicted octanol–water partition coefficient (Wildman–Crippen LogP) is 2.13. The van der Waals surface area contributed by atoms with Crippen LogP contribution in [-0.4, -0.2) is 30.4 Å². The van der Waals surface area contributed by atoms with Crippen LogP contribution in [0, 0.1) is 0 Å². The molecule has 0 saturated heterocycles. The smallest absolute Gasteiger partial charge is 0.488 e.